The van der Waals surface area contributed by atoms with Gasteiger partial charge in [0, 0.05) is 11.8 Å². The average molecular weight is 406 g/mol. The fourth-order valence-electron chi connectivity index (χ4n) is 2.83. The molecule has 0 bridgehead atoms. The Labute approximate surface area is 160 Å². The summed E-state index contributed by atoms with van der Waals surface area (Å²) in [7, 11) is 0. The molecule has 0 spiro atoms. The molecule has 0 radical (unpaired) electrons. The number of hydrogen-bond acceptors (Lipinski definition) is 5. The molecule has 0 saturated carbocycles. The molecule has 0 aliphatic heterocycles. The number of halogens is 5. The van der Waals surface area contributed by atoms with Crippen LogP contribution in [0.4, 0.5) is 33.5 Å². The van der Waals surface area contributed by atoms with E-state index in [0.29, 0.717) is 29.1 Å². The third kappa shape index (κ3) is 3.58. The highest BCUT2D eigenvalue weighted by molar-refractivity contribution is 5.73. The molecule has 29 heavy (non-hydrogen) atoms. The van der Waals surface area contributed by atoms with Gasteiger partial charge in [-0.15, -0.1) is 0 Å². The summed E-state index contributed by atoms with van der Waals surface area (Å²) in [4.78, 5) is 16.5. The average Bonchev–Trinajstić information content (AvgIpc) is 2.96. The Morgan fingerprint density at radius 2 is 1.79 bits per heavy atom. The summed E-state index contributed by atoms with van der Waals surface area (Å²) in [6.07, 6.45) is -1.03. The van der Waals surface area contributed by atoms with Gasteiger partial charge in [-0.25, -0.2) is 23.7 Å². The van der Waals surface area contributed by atoms with Crippen molar-refractivity contribution >= 4 is 22.7 Å². The Bertz CT molecular complexity index is 1220. The lowest BCUT2D eigenvalue weighted by atomic mass is 10.2. The summed E-state index contributed by atoms with van der Waals surface area (Å²) in [6.45, 7) is 1.67. The maximum atomic E-state index is 13.8. The van der Waals surface area contributed by atoms with Gasteiger partial charge in [0.2, 0.25) is 0 Å². The van der Waals surface area contributed by atoms with Gasteiger partial charge in [-0.05, 0) is 25.1 Å². The molecule has 0 atom stereocenters. The van der Waals surface area contributed by atoms with Crippen LogP contribution in [0.3, 0.4) is 0 Å². The summed E-state index contributed by atoms with van der Waals surface area (Å²) in [6, 6.07) is 3.68. The van der Waals surface area contributed by atoms with E-state index in [1.165, 1.54) is 23.0 Å². The lowest BCUT2D eigenvalue weighted by Crippen LogP contribution is -2.08. The van der Waals surface area contributed by atoms with E-state index in [4.69, 9.17) is 0 Å². The Morgan fingerprint density at radius 1 is 1.00 bits per heavy atom. The van der Waals surface area contributed by atoms with Crippen molar-refractivity contribution in [2.75, 3.05) is 5.32 Å². The molecule has 1 aromatic carbocycles. The topological polar surface area (TPSA) is 68.5 Å². The minimum Gasteiger partial charge on any atom is -0.339 e. The number of nitrogens with one attached hydrogen (secondary N) is 1. The van der Waals surface area contributed by atoms with Gasteiger partial charge in [0.05, 0.1) is 29.7 Å². The van der Waals surface area contributed by atoms with Crippen molar-refractivity contribution in [2.45, 2.75) is 13.1 Å². The maximum absolute atomic E-state index is 13.8. The fraction of sp³-hybridized carbons (Fsp3) is 0.111. The van der Waals surface area contributed by atoms with Crippen molar-refractivity contribution in [3.8, 4) is 5.82 Å². The molecule has 148 valence electrons. The molecule has 4 rings (SSSR count). The van der Waals surface area contributed by atoms with E-state index in [1.807, 2.05) is 0 Å². The van der Waals surface area contributed by atoms with Crippen molar-refractivity contribution in [3.63, 3.8) is 0 Å². The Balaban J connectivity index is 1.70. The van der Waals surface area contributed by atoms with Gasteiger partial charge < -0.3 is 5.32 Å². The summed E-state index contributed by atoms with van der Waals surface area (Å²) in [5.74, 6) is -1.07. The molecule has 11 heteroatoms. The van der Waals surface area contributed by atoms with Crippen molar-refractivity contribution in [1.82, 2.24) is 24.5 Å². The van der Waals surface area contributed by atoms with Crippen LogP contribution in [0.15, 0.2) is 42.9 Å². The van der Waals surface area contributed by atoms with E-state index in [2.05, 4.69) is 25.3 Å². The second-order valence-corrected chi connectivity index (χ2v) is 6.07. The lowest BCUT2D eigenvalue weighted by molar-refractivity contribution is -0.139. The summed E-state index contributed by atoms with van der Waals surface area (Å²) in [5, 5.41) is 2.70. The summed E-state index contributed by atoms with van der Waals surface area (Å²) >= 11 is 0. The summed E-state index contributed by atoms with van der Waals surface area (Å²) in [5.41, 5.74) is -0.622. The van der Waals surface area contributed by atoms with Crippen LogP contribution in [0.2, 0.25) is 0 Å². The number of pyridine rings is 1. The first-order chi connectivity index (χ1) is 13.7. The van der Waals surface area contributed by atoms with Gasteiger partial charge in [-0.2, -0.15) is 13.2 Å². The van der Waals surface area contributed by atoms with Gasteiger partial charge in [0.25, 0.3) is 0 Å². The van der Waals surface area contributed by atoms with E-state index < -0.39 is 23.4 Å². The quantitative estimate of drug-likeness (QED) is 0.505. The van der Waals surface area contributed by atoms with Gasteiger partial charge >= 0.3 is 6.18 Å². The van der Waals surface area contributed by atoms with Gasteiger partial charge in [-0.3, -0.25) is 9.55 Å². The SMILES string of the molecule is Cc1nc2ncc(F)cc2n1-c1cncc(Nc2ccc(C(F)(F)F)c(F)c2)n1. The number of rotatable bonds is 3. The zero-order valence-electron chi connectivity index (χ0n) is 14.7. The monoisotopic (exact) mass is 406 g/mol. The van der Waals surface area contributed by atoms with Crippen LogP contribution in [0.1, 0.15) is 11.4 Å². The highest BCUT2D eigenvalue weighted by atomic mass is 19.4. The van der Waals surface area contributed by atoms with Crippen LogP contribution in [-0.4, -0.2) is 24.5 Å². The highest BCUT2D eigenvalue weighted by Crippen LogP contribution is 2.33. The molecule has 0 fully saturated rings. The van der Waals surface area contributed by atoms with Crippen LogP contribution in [0, 0.1) is 18.6 Å². The Morgan fingerprint density at radius 3 is 2.52 bits per heavy atom. The predicted octanol–water partition coefficient (Wildman–Crippen LogP) is 4.56. The van der Waals surface area contributed by atoms with Crippen molar-refractivity contribution in [3.05, 3.63) is 65.9 Å². The third-order valence-corrected chi connectivity index (χ3v) is 4.04. The number of aromatic nitrogens is 5. The number of aryl methyl sites for hydroxylation is 1. The zero-order chi connectivity index (χ0) is 20.8. The lowest BCUT2D eigenvalue weighted by Gasteiger charge is -2.11. The normalized spacial score (nSPS) is 11.8. The molecule has 3 heterocycles. The third-order valence-electron chi connectivity index (χ3n) is 4.04. The fourth-order valence-corrected chi connectivity index (χ4v) is 2.83. The Kier molecular flexibility index (Phi) is 4.36. The van der Waals surface area contributed by atoms with Gasteiger partial charge in [0.15, 0.2) is 17.3 Å². The summed E-state index contributed by atoms with van der Waals surface area (Å²) < 4.78 is 66.9. The number of nitrogens with zero attached hydrogens (tertiary/aromatic N) is 5. The molecule has 0 saturated heterocycles. The van der Waals surface area contributed by atoms with E-state index in [0.717, 1.165) is 12.3 Å². The zero-order valence-corrected chi connectivity index (χ0v) is 14.7. The van der Waals surface area contributed by atoms with Crippen LogP contribution < -0.4 is 5.32 Å². The molecule has 0 unspecified atom stereocenters. The van der Waals surface area contributed by atoms with E-state index in [9.17, 15) is 22.0 Å². The number of anilines is 2. The first-order valence-electron chi connectivity index (χ1n) is 8.19. The molecule has 0 amide bonds. The van der Waals surface area contributed by atoms with Crippen molar-refractivity contribution in [2.24, 2.45) is 0 Å². The predicted molar refractivity (Wildman–Crippen MR) is 93.8 cm³/mol. The minimum absolute atomic E-state index is 0.0573. The molecular formula is C18H11F5N6. The van der Waals surface area contributed by atoms with Crippen LogP contribution in [0.25, 0.3) is 17.0 Å². The molecule has 6 nitrogen and oxygen atoms in total. The maximum Gasteiger partial charge on any atom is 0.419 e. The highest BCUT2D eigenvalue weighted by Gasteiger charge is 2.33. The largest absolute Gasteiger partial charge is 0.419 e. The smallest absolute Gasteiger partial charge is 0.339 e. The standard InChI is InChI=1S/C18H11F5N6/c1-9-26-17-14(4-10(19)6-25-17)29(9)16-8-24-7-15(28-16)27-11-2-3-12(13(20)5-11)18(21,22)23/h2-8H,1H3,(H,27,28). The number of fused-ring (bicyclic) bond motifs is 1. The second-order valence-electron chi connectivity index (χ2n) is 6.07. The molecule has 0 aliphatic carbocycles. The molecule has 4 aromatic rings. The Hall–Kier alpha value is -3.63. The molecule has 1 N–H and O–H groups in total. The molecular weight excluding hydrogens is 395 g/mol. The number of benzene rings is 1. The van der Waals surface area contributed by atoms with Crippen LogP contribution in [-0.2, 0) is 6.18 Å². The van der Waals surface area contributed by atoms with E-state index in [1.54, 1.807) is 6.92 Å². The van der Waals surface area contributed by atoms with Crippen molar-refractivity contribution < 1.29 is 22.0 Å². The van der Waals surface area contributed by atoms with Gasteiger partial charge in [-0.1, -0.05) is 0 Å². The van der Waals surface area contributed by atoms with E-state index >= 15 is 0 Å². The van der Waals surface area contributed by atoms with Crippen LogP contribution >= 0.6 is 0 Å². The molecule has 0 aliphatic rings. The molecule has 3 aromatic heterocycles. The first-order valence-corrected chi connectivity index (χ1v) is 8.19. The van der Waals surface area contributed by atoms with Crippen molar-refractivity contribution in [1.29, 1.82) is 0 Å². The van der Waals surface area contributed by atoms with Gasteiger partial charge in [0.1, 0.15) is 17.5 Å². The van der Waals surface area contributed by atoms with Crippen LogP contribution in [0.5, 0.6) is 0 Å². The first kappa shape index (κ1) is 18.7. The second kappa shape index (κ2) is 6.76. The minimum atomic E-state index is -4.79. The van der Waals surface area contributed by atoms with E-state index in [-0.39, 0.29) is 17.3 Å². The number of hydrogen-bond donors (Lipinski definition) is 1. The number of imidazole rings is 1. The number of alkyl halides is 3.